The van der Waals surface area contributed by atoms with Crippen LogP contribution in [-0.4, -0.2) is 7.11 Å². The first kappa shape index (κ1) is 20.3. The molecule has 0 atom stereocenters. The van der Waals surface area contributed by atoms with E-state index < -0.39 is 0 Å². The minimum atomic E-state index is 0.743. The monoisotopic (exact) mass is 412 g/mol. The predicted octanol–water partition coefficient (Wildman–Crippen LogP) is 8.22. The zero-order valence-electron chi connectivity index (χ0n) is 17.6. The number of rotatable bonds is 5. The molecule has 0 aliphatic rings. The van der Waals surface area contributed by atoms with Gasteiger partial charge in [0.1, 0.15) is 5.75 Å². The molecule has 0 aromatic heterocycles. The average molecular weight is 413 g/mol. The summed E-state index contributed by atoms with van der Waals surface area (Å²) in [4.78, 5) is 0. The number of ether oxygens (including phenoxy) is 1. The highest BCUT2D eigenvalue weighted by Gasteiger charge is 2.19. The molecule has 0 saturated carbocycles. The Morgan fingerprint density at radius 3 is 2.10 bits per heavy atom. The number of methoxy groups -OCH3 is 1. The van der Waals surface area contributed by atoms with Crippen molar-refractivity contribution in [3.8, 4) is 39.1 Å². The molecule has 0 spiro atoms. The molecule has 0 aliphatic carbocycles. The van der Waals surface area contributed by atoms with Crippen LogP contribution < -0.4 is 4.74 Å². The van der Waals surface area contributed by atoms with E-state index in [1.165, 1.54) is 11.1 Å². The summed E-state index contributed by atoms with van der Waals surface area (Å²) in [5.41, 5.74) is 9.19. The van der Waals surface area contributed by atoms with Crippen LogP contribution in [0.25, 0.3) is 33.4 Å². The number of halogens is 1. The van der Waals surface area contributed by atoms with E-state index in [9.17, 15) is 0 Å². The van der Waals surface area contributed by atoms with Gasteiger partial charge in [-0.3, -0.25) is 0 Å². The Labute approximate surface area is 183 Å². The van der Waals surface area contributed by atoms with E-state index in [2.05, 4.69) is 74.5 Å². The molecular weight excluding hydrogens is 388 g/mol. The molecule has 0 bridgehead atoms. The van der Waals surface area contributed by atoms with Gasteiger partial charge in [0, 0.05) is 10.6 Å². The van der Waals surface area contributed by atoms with Crippen LogP contribution in [0.2, 0.25) is 5.02 Å². The second kappa shape index (κ2) is 8.77. The van der Waals surface area contributed by atoms with Crippen LogP contribution >= 0.6 is 11.6 Å². The molecule has 4 aromatic carbocycles. The lowest BCUT2D eigenvalue weighted by atomic mass is 9.85. The lowest BCUT2D eigenvalue weighted by molar-refractivity contribution is 0.412. The number of aryl methyl sites for hydroxylation is 1. The summed E-state index contributed by atoms with van der Waals surface area (Å²) < 4.78 is 5.63. The topological polar surface area (TPSA) is 9.23 Å². The van der Waals surface area contributed by atoms with Crippen LogP contribution in [0.4, 0.5) is 0 Å². The third kappa shape index (κ3) is 3.74. The van der Waals surface area contributed by atoms with Crippen molar-refractivity contribution < 1.29 is 4.74 Å². The summed E-state index contributed by atoms with van der Waals surface area (Å²) in [6.07, 6.45) is 1.03. The van der Waals surface area contributed by atoms with Crippen molar-refractivity contribution in [2.75, 3.05) is 7.11 Å². The first-order valence-electron chi connectivity index (χ1n) is 10.2. The molecule has 0 radical (unpaired) electrons. The first-order valence-corrected chi connectivity index (χ1v) is 10.6. The lowest BCUT2D eigenvalue weighted by Gasteiger charge is -2.20. The van der Waals surface area contributed by atoms with E-state index in [0.717, 1.165) is 50.6 Å². The molecule has 150 valence electrons. The zero-order valence-corrected chi connectivity index (χ0v) is 18.3. The highest BCUT2D eigenvalue weighted by atomic mass is 35.5. The second-order valence-corrected chi connectivity index (χ2v) is 7.80. The largest absolute Gasteiger partial charge is 0.496 e. The second-order valence-electron chi connectivity index (χ2n) is 7.39. The van der Waals surface area contributed by atoms with Gasteiger partial charge in [0.25, 0.3) is 0 Å². The van der Waals surface area contributed by atoms with Gasteiger partial charge >= 0.3 is 0 Å². The van der Waals surface area contributed by atoms with Crippen molar-refractivity contribution in [2.24, 2.45) is 0 Å². The standard InChI is InChI=1S/C28H25ClO/c1-4-20-13-15-21(16-14-20)24-17-18-25(29)27(22-9-6-5-7-10-22)28(24)23-11-8-12-26(30-3)19(23)2/h5-18H,4H2,1-3H3. The lowest BCUT2D eigenvalue weighted by Crippen LogP contribution is -1.96. The Bertz CT molecular complexity index is 1160. The van der Waals surface area contributed by atoms with Crippen molar-refractivity contribution in [3.05, 3.63) is 101 Å². The van der Waals surface area contributed by atoms with Crippen LogP contribution in [0.15, 0.2) is 84.9 Å². The summed E-state index contributed by atoms with van der Waals surface area (Å²) in [6, 6.07) is 29.5. The highest BCUT2D eigenvalue weighted by Crippen LogP contribution is 2.46. The minimum absolute atomic E-state index is 0.743. The van der Waals surface area contributed by atoms with Gasteiger partial charge in [-0.1, -0.05) is 91.3 Å². The first-order chi connectivity index (χ1) is 14.6. The average Bonchev–Trinajstić information content (AvgIpc) is 2.80. The van der Waals surface area contributed by atoms with Gasteiger partial charge in [0.05, 0.1) is 7.11 Å². The van der Waals surface area contributed by atoms with Gasteiger partial charge in [0.15, 0.2) is 0 Å². The summed E-state index contributed by atoms with van der Waals surface area (Å²) in [7, 11) is 1.71. The Kier molecular flexibility index (Phi) is 5.92. The van der Waals surface area contributed by atoms with Crippen LogP contribution in [-0.2, 0) is 6.42 Å². The predicted molar refractivity (Wildman–Crippen MR) is 128 cm³/mol. The molecule has 2 heteroatoms. The molecular formula is C28H25ClO. The summed E-state index contributed by atoms with van der Waals surface area (Å²) in [6.45, 7) is 4.28. The smallest absolute Gasteiger partial charge is 0.122 e. The van der Waals surface area contributed by atoms with E-state index in [1.54, 1.807) is 7.11 Å². The van der Waals surface area contributed by atoms with Crippen molar-refractivity contribution in [3.63, 3.8) is 0 Å². The maximum absolute atomic E-state index is 6.82. The maximum atomic E-state index is 6.82. The molecule has 4 rings (SSSR count). The molecule has 0 saturated heterocycles. The summed E-state index contributed by atoms with van der Waals surface area (Å²) in [5.74, 6) is 0.874. The van der Waals surface area contributed by atoms with Crippen molar-refractivity contribution >= 4 is 11.6 Å². The maximum Gasteiger partial charge on any atom is 0.122 e. The van der Waals surface area contributed by atoms with Crippen molar-refractivity contribution in [1.29, 1.82) is 0 Å². The molecule has 0 aliphatic heterocycles. The van der Waals surface area contributed by atoms with Crippen LogP contribution in [0.5, 0.6) is 5.75 Å². The molecule has 0 unspecified atom stereocenters. The molecule has 0 fully saturated rings. The fourth-order valence-corrected chi connectivity index (χ4v) is 4.28. The SMILES string of the molecule is CCc1ccc(-c2ccc(Cl)c(-c3ccccc3)c2-c2cccc(OC)c2C)cc1. The Hall–Kier alpha value is -3.03. The third-order valence-corrected chi connectivity index (χ3v) is 5.98. The summed E-state index contributed by atoms with van der Waals surface area (Å²) in [5, 5.41) is 0.743. The number of hydrogen-bond donors (Lipinski definition) is 0. The fourth-order valence-electron chi connectivity index (χ4n) is 4.01. The van der Waals surface area contributed by atoms with E-state index in [-0.39, 0.29) is 0 Å². The Morgan fingerprint density at radius 1 is 0.700 bits per heavy atom. The van der Waals surface area contributed by atoms with Gasteiger partial charge in [-0.2, -0.15) is 0 Å². The minimum Gasteiger partial charge on any atom is -0.496 e. The normalized spacial score (nSPS) is 10.8. The Morgan fingerprint density at radius 2 is 1.43 bits per heavy atom. The van der Waals surface area contributed by atoms with E-state index in [0.29, 0.717) is 0 Å². The van der Waals surface area contributed by atoms with E-state index >= 15 is 0 Å². The molecule has 0 N–H and O–H groups in total. The highest BCUT2D eigenvalue weighted by molar-refractivity contribution is 6.34. The number of benzene rings is 4. The number of hydrogen-bond acceptors (Lipinski definition) is 1. The Balaban J connectivity index is 2.07. The summed E-state index contributed by atoms with van der Waals surface area (Å²) >= 11 is 6.82. The molecule has 1 nitrogen and oxygen atoms in total. The molecule has 4 aromatic rings. The van der Waals surface area contributed by atoms with Crippen molar-refractivity contribution in [2.45, 2.75) is 20.3 Å². The zero-order chi connectivity index (χ0) is 21.1. The van der Waals surface area contributed by atoms with Crippen LogP contribution in [0, 0.1) is 6.92 Å². The van der Waals surface area contributed by atoms with Crippen molar-refractivity contribution in [1.82, 2.24) is 0 Å². The van der Waals surface area contributed by atoms with E-state index in [1.807, 2.05) is 24.3 Å². The molecule has 0 heterocycles. The van der Waals surface area contributed by atoms with Gasteiger partial charge in [-0.25, -0.2) is 0 Å². The van der Waals surface area contributed by atoms with Gasteiger partial charge in [-0.05, 0) is 64.4 Å². The quantitative estimate of drug-likeness (QED) is 0.320. The third-order valence-electron chi connectivity index (χ3n) is 5.66. The van der Waals surface area contributed by atoms with Crippen LogP contribution in [0.3, 0.4) is 0 Å². The van der Waals surface area contributed by atoms with Gasteiger partial charge in [0.2, 0.25) is 0 Å². The van der Waals surface area contributed by atoms with Crippen LogP contribution in [0.1, 0.15) is 18.1 Å². The fraction of sp³-hybridized carbons (Fsp3) is 0.143. The van der Waals surface area contributed by atoms with E-state index in [4.69, 9.17) is 16.3 Å². The van der Waals surface area contributed by atoms with Gasteiger partial charge in [-0.15, -0.1) is 0 Å². The molecule has 30 heavy (non-hydrogen) atoms. The van der Waals surface area contributed by atoms with Gasteiger partial charge < -0.3 is 4.74 Å². The molecule has 0 amide bonds.